The van der Waals surface area contributed by atoms with Crippen molar-refractivity contribution in [1.29, 1.82) is 5.26 Å². The first-order valence-corrected chi connectivity index (χ1v) is 9.45. The van der Waals surface area contributed by atoms with Crippen molar-refractivity contribution in [3.8, 4) is 11.8 Å². The van der Waals surface area contributed by atoms with E-state index >= 15 is 0 Å². The van der Waals surface area contributed by atoms with Gasteiger partial charge in [-0.25, -0.2) is 4.98 Å². The third-order valence-electron chi connectivity index (χ3n) is 4.68. The zero-order chi connectivity index (χ0) is 19.8. The second kappa shape index (κ2) is 7.20. The summed E-state index contributed by atoms with van der Waals surface area (Å²) in [6, 6.07) is 17.4. The minimum Gasteiger partial charge on any atom is -0.337 e. The van der Waals surface area contributed by atoms with Gasteiger partial charge in [0, 0.05) is 16.4 Å². The maximum absolute atomic E-state index is 9.71. The molecule has 0 aliphatic rings. The molecular weight excluding hydrogens is 391 g/mol. The van der Waals surface area contributed by atoms with E-state index in [1.165, 1.54) is 0 Å². The first kappa shape index (κ1) is 18.4. The molecule has 138 valence electrons. The van der Waals surface area contributed by atoms with Crippen molar-refractivity contribution in [3.05, 3.63) is 81.4 Å². The molecule has 6 heteroatoms. The molecule has 0 aliphatic carbocycles. The van der Waals surface area contributed by atoms with Crippen molar-refractivity contribution < 1.29 is 0 Å². The highest BCUT2D eigenvalue weighted by Gasteiger charge is 2.14. The van der Waals surface area contributed by atoms with Crippen LogP contribution < -0.4 is 0 Å². The highest BCUT2D eigenvalue weighted by atomic mass is 35.5. The Morgan fingerprint density at radius 2 is 1.93 bits per heavy atom. The smallest absolute Gasteiger partial charge is 0.149 e. The Kier molecular flexibility index (Phi) is 4.72. The van der Waals surface area contributed by atoms with Crippen LogP contribution in [0.3, 0.4) is 0 Å². The summed E-state index contributed by atoms with van der Waals surface area (Å²) >= 11 is 12.6. The zero-order valence-corrected chi connectivity index (χ0v) is 16.8. The van der Waals surface area contributed by atoms with Crippen LogP contribution in [0.4, 0.5) is 0 Å². The van der Waals surface area contributed by atoms with Gasteiger partial charge in [-0.05, 0) is 61.9 Å². The Morgan fingerprint density at radius 1 is 1.14 bits per heavy atom. The largest absolute Gasteiger partial charge is 0.337 e. The van der Waals surface area contributed by atoms with E-state index in [9.17, 15) is 5.26 Å². The molecule has 0 fully saturated rings. The van der Waals surface area contributed by atoms with Crippen LogP contribution in [0.2, 0.25) is 10.0 Å². The number of benzene rings is 2. The van der Waals surface area contributed by atoms with E-state index in [0.29, 0.717) is 21.4 Å². The zero-order valence-electron chi connectivity index (χ0n) is 15.3. The Labute approximate surface area is 172 Å². The number of nitriles is 1. The molecule has 0 radical (unpaired) electrons. The Morgan fingerprint density at radius 3 is 2.68 bits per heavy atom. The van der Waals surface area contributed by atoms with Gasteiger partial charge in [0.15, 0.2) is 0 Å². The maximum atomic E-state index is 9.71. The average molecular weight is 407 g/mol. The van der Waals surface area contributed by atoms with Gasteiger partial charge in [-0.2, -0.15) is 5.26 Å². The molecular formula is C22H16Cl2N4. The van der Waals surface area contributed by atoms with Crippen molar-refractivity contribution in [2.24, 2.45) is 0 Å². The number of aryl methyl sites for hydroxylation is 1. The number of aromatic nitrogens is 3. The van der Waals surface area contributed by atoms with Gasteiger partial charge in [-0.15, -0.1) is 0 Å². The molecule has 4 aromatic rings. The Balaban J connectivity index is 1.83. The van der Waals surface area contributed by atoms with E-state index in [1.807, 2.05) is 60.9 Å². The number of aromatic amines is 1. The summed E-state index contributed by atoms with van der Waals surface area (Å²) in [5.74, 6) is 0.550. The van der Waals surface area contributed by atoms with Crippen LogP contribution in [0.1, 0.15) is 22.8 Å². The molecule has 2 aromatic carbocycles. The fourth-order valence-electron chi connectivity index (χ4n) is 3.35. The number of para-hydroxylation sites is 2. The van der Waals surface area contributed by atoms with Crippen LogP contribution in [-0.4, -0.2) is 14.5 Å². The van der Waals surface area contributed by atoms with Gasteiger partial charge in [0.25, 0.3) is 0 Å². The fourth-order valence-corrected chi connectivity index (χ4v) is 3.72. The molecule has 0 unspecified atom stereocenters. The minimum atomic E-state index is 0.466. The van der Waals surface area contributed by atoms with Crippen LogP contribution in [0, 0.1) is 25.2 Å². The summed E-state index contributed by atoms with van der Waals surface area (Å²) in [5, 5.41) is 10.9. The van der Waals surface area contributed by atoms with E-state index in [0.717, 1.165) is 33.7 Å². The Hall–Kier alpha value is -3.00. The molecule has 0 saturated heterocycles. The summed E-state index contributed by atoms with van der Waals surface area (Å²) in [6.07, 6.45) is 1.84. The number of imidazole rings is 1. The molecule has 0 spiro atoms. The van der Waals surface area contributed by atoms with Gasteiger partial charge in [-0.3, -0.25) is 0 Å². The molecule has 0 atom stereocenters. The predicted octanol–water partition coefficient (Wildman–Crippen LogP) is 6.34. The lowest BCUT2D eigenvalue weighted by Gasteiger charge is -2.12. The second-order valence-corrected chi connectivity index (χ2v) is 7.37. The molecule has 1 N–H and O–H groups in total. The number of hydrogen-bond donors (Lipinski definition) is 1. The third-order valence-corrected chi connectivity index (χ3v) is 5.24. The van der Waals surface area contributed by atoms with Crippen molar-refractivity contribution in [2.75, 3.05) is 0 Å². The summed E-state index contributed by atoms with van der Waals surface area (Å²) in [5.41, 5.74) is 5.88. The number of allylic oxidation sites excluding steroid dienone is 1. The molecule has 0 bridgehead atoms. The van der Waals surface area contributed by atoms with E-state index in [1.54, 1.807) is 12.1 Å². The number of nitrogens with one attached hydrogen (secondary N) is 1. The Bertz CT molecular complexity index is 1240. The van der Waals surface area contributed by atoms with Gasteiger partial charge in [-0.1, -0.05) is 35.3 Å². The summed E-state index contributed by atoms with van der Waals surface area (Å²) < 4.78 is 2.04. The summed E-state index contributed by atoms with van der Waals surface area (Å²) in [7, 11) is 0. The number of halogens is 2. The monoisotopic (exact) mass is 406 g/mol. The van der Waals surface area contributed by atoms with Crippen LogP contribution in [-0.2, 0) is 0 Å². The van der Waals surface area contributed by atoms with E-state index in [2.05, 4.69) is 16.0 Å². The van der Waals surface area contributed by atoms with Crippen molar-refractivity contribution in [2.45, 2.75) is 13.8 Å². The number of hydrogen-bond acceptors (Lipinski definition) is 2. The van der Waals surface area contributed by atoms with E-state index in [-0.39, 0.29) is 0 Å². The molecule has 0 aliphatic heterocycles. The molecule has 0 saturated carbocycles. The molecule has 0 amide bonds. The van der Waals surface area contributed by atoms with Crippen LogP contribution in [0.15, 0.2) is 48.5 Å². The molecule has 28 heavy (non-hydrogen) atoms. The van der Waals surface area contributed by atoms with Crippen LogP contribution in [0.5, 0.6) is 0 Å². The lowest BCUT2D eigenvalue weighted by Crippen LogP contribution is -2.00. The van der Waals surface area contributed by atoms with Crippen molar-refractivity contribution >= 4 is 45.9 Å². The average Bonchev–Trinajstić information content (AvgIpc) is 3.22. The van der Waals surface area contributed by atoms with E-state index in [4.69, 9.17) is 23.2 Å². The highest BCUT2D eigenvalue weighted by Crippen LogP contribution is 2.30. The quantitative estimate of drug-likeness (QED) is 0.403. The van der Waals surface area contributed by atoms with Gasteiger partial charge in [0.2, 0.25) is 0 Å². The lowest BCUT2D eigenvalue weighted by molar-refractivity contribution is 0.965. The maximum Gasteiger partial charge on any atom is 0.149 e. The van der Waals surface area contributed by atoms with Crippen molar-refractivity contribution in [3.63, 3.8) is 0 Å². The van der Waals surface area contributed by atoms with E-state index < -0.39 is 0 Å². The third kappa shape index (κ3) is 3.20. The molecule has 2 heterocycles. The van der Waals surface area contributed by atoms with Crippen molar-refractivity contribution in [1.82, 2.24) is 14.5 Å². The summed E-state index contributed by atoms with van der Waals surface area (Å²) in [4.78, 5) is 7.74. The number of nitrogens with zero attached hydrogens (tertiary/aromatic N) is 3. The standard InChI is InChI=1S/C22H16Cl2N4/c1-13-9-15(14(2)28(13)21-11-17(23)7-8-18(21)24)10-16(12-25)22-26-19-5-3-4-6-20(19)27-22/h3-11H,1-2H3,(H,26,27). The number of rotatable bonds is 3. The molecule has 2 aromatic heterocycles. The summed E-state index contributed by atoms with van der Waals surface area (Å²) in [6.45, 7) is 3.98. The van der Waals surface area contributed by atoms with Gasteiger partial charge in [0.05, 0.1) is 27.3 Å². The van der Waals surface area contributed by atoms with Gasteiger partial charge >= 0.3 is 0 Å². The fraction of sp³-hybridized carbons (Fsp3) is 0.0909. The number of H-pyrrole nitrogens is 1. The molecule has 4 nitrogen and oxygen atoms in total. The predicted molar refractivity (Wildman–Crippen MR) is 115 cm³/mol. The van der Waals surface area contributed by atoms with Crippen LogP contribution >= 0.6 is 23.2 Å². The first-order valence-electron chi connectivity index (χ1n) is 8.69. The highest BCUT2D eigenvalue weighted by molar-refractivity contribution is 6.34. The minimum absolute atomic E-state index is 0.466. The van der Waals surface area contributed by atoms with Gasteiger partial charge in [0.1, 0.15) is 11.9 Å². The lowest BCUT2D eigenvalue weighted by atomic mass is 10.1. The molecule has 4 rings (SSSR count). The topological polar surface area (TPSA) is 57.4 Å². The SMILES string of the molecule is Cc1cc(C=C(C#N)c2nc3ccccc3[nH]2)c(C)n1-c1cc(Cl)ccc1Cl. The van der Waals surface area contributed by atoms with Gasteiger partial charge < -0.3 is 9.55 Å². The second-order valence-electron chi connectivity index (χ2n) is 6.53. The normalized spacial score (nSPS) is 11.8. The number of fused-ring (bicyclic) bond motifs is 1. The van der Waals surface area contributed by atoms with Crippen LogP contribution in [0.25, 0.3) is 28.4 Å². The first-order chi connectivity index (χ1) is 13.5.